The van der Waals surface area contributed by atoms with E-state index in [-0.39, 0.29) is 17.0 Å². The number of rotatable bonds is 6. The second-order valence-corrected chi connectivity index (χ2v) is 11.3. The molecule has 0 spiro atoms. The van der Waals surface area contributed by atoms with E-state index in [2.05, 4.69) is 15.4 Å². The number of anilines is 2. The lowest BCUT2D eigenvalue weighted by molar-refractivity contribution is -0.00996. The molecule has 2 aliphatic rings. The van der Waals surface area contributed by atoms with E-state index in [1.54, 1.807) is 24.5 Å². The average Bonchev–Trinajstić information content (AvgIpc) is 3.37. The predicted octanol–water partition coefficient (Wildman–Crippen LogP) is 1.43. The van der Waals surface area contributed by atoms with Gasteiger partial charge in [-0.25, -0.2) is 22.3 Å². The van der Waals surface area contributed by atoms with Crippen LogP contribution in [-0.4, -0.2) is 83.0 Å². The quantitative estimate of drug-likeness (QED) is 0.502. The van der Waals surface area contributed by atoms with E-state index in [0.29, 0.717) is 48.9 Å². The minimum atomic E-state index is -3.99. The van der Waals surface area contributed by atoms with E-state index in [4.69, 9.17) is 4.74 Å². The molecule has 192 valence electrons. The summed E-state index contributed by atoms with van der Waals surface area (Å²) in [6, 6.07) is 4.84. The molecule has 5 rings (SSSR count). The van der Waals surface area contributed by atoms with Crippen molar-refractivity contribution < 1.29 is 27.4 Å². The Bertz CT molecular complexity index is 1410. The normalized spacial score (nSPS) is 18.8. The molecule has 0 saturated carbocycles. The fourth-order valence-electron chi connectivity index (χ4n) is 4.30. The van der Waals surface area contributed by atoms with Crippen LogP contribution < -0.4 is 10.2 Å². The van der Waals surface area contributed by atoms with Gasteiger partial charge in [0.15, 0.2) is 5.65 Å². The maximum absolute atomic E-state index is 14.6. The lowest BCUT2D eigenvalue weighted by atomic mass is 10.0. The standard InChI is InChI=1S/C23H27FN6O5S/c1-23(2,32)20(24)14-29-13-15-10-17(27-22(31)16-12-26-30-5-3-4-25-21(16)30)18(11-19(15)36(29,33)34)28-6-8-35-9-7-28/h3-5,10-12,20,32H,6-9,13-14H2,1-2H3,(H,27,31)/t20-/m1/s1. The Kier molecular flexibility index (Phi) is 6.19. The number of benzene rings is 1. The Balaban J connectivity index is 1.52. The minimum Gasteiger partial charge on any atom is -0.387 e. The summed E-state index contributed by atoms with van der Waals surface area (Å²) in [7, 11) is -3.99. The van der Waals surface area contributed by atoms with Crippen molar-refractivity contribution in [3.05, 3.63) is 47.9 Å². The second-order valence-electron chi connectivity index (χ2n) is 9.40. The third-order valence-corrected chi connectivity index (χ3v) is 8.29. The number of hydrogen-bond acceptors (Lipinski definition) is 8. The first-order chi connectivity index (χ1) is 17.1. The van der Waals surface area contributed by atoms with Crippen LogP contribution >= 0.6 is 0 Å². The number of alkyl halides is 1. The molecule has 11 nitrogen and oxygen atoms in total. The molecule has 2 N–H and O–H groups in total. The molecule has 2 aromatic heterocycles. The van der Waals surface area contributed by atoms with Gasteiger partial charge in [-0.1, -0.05) is 0 Å². The summed E-state index contributed by atoms with van der Waals surface area (Å²) in [5, 5.41) is 17.0. The van der Waals surface area contributed by atoms with Gasteiger partial charge in [0.05, 0.1) is 41.3 Å². The molecule has 3 aromatic rings. The fourth-order valence-corrected chi connectivity index (χ4v) is 5.93. The van der Waals surface area contributed by atoms with E-state index in [1.165, 1.54) is 30.6 Å². The number of morpholine rings is 1. The number of ether oxygens (including phenoxy) is 1. The largest absolute Gasteiger partial charge is 0.387 e. The predicted molar refractivity (Wildman–Crippen MR) is 129 cm³/mol. The van der Waals surface area contributed by atoms with Crippen LogP contribution in [0.3, 0.4) is 0 Å². The Morgan fingerprint density at radius 2 is 2.06 bits per heavy atom. The van der Waals surface area contributed by atoms with E-state index in [9.17, 15) is 22.7 Å². The molecule has 1 fully saturated rings. The van der Waals surface area contributed by atoms with Gasteiger partial charge >= 0.3 is 0 Å². The zero-order chi connectivity index (χ0) is 25.7. The van der Waals surface area contributed by atoms with Crippen LogP contribution in [0.2, 0.25) is 0 Å². The first-order valence-corrected chi connectivity index (χ1v) is 13.0. The van der Waals surface area contributed by atoms with Gasteiger partial charge in [0.25, 0.3) is 5.91 Å². The number of aliphatic hydroxyl groups is 1. The summed E-state index contributed by atoms with van der Waals surface area (Å²) in [6.45, 7) is 3.97. The van der Waals surface area contributed by atoms with Crippen molar-refractivity contribution in [1.29, 1.82) is 0 Å². The molecular formula is C23H27FN6O5S. The van der Waals surface area contributed by atoms with Crippen molar-refractivity contribution in [2.75, 3.05) is 43.1 Å². The van der Waals surface area contributed by atoms with Crippen molar-refractivity contribution >= 4 is 33.0 Å². The number of sulfonamides is 1. The molecule has 1 saturated heterocycles. The highest BCUT2D eigenvalue weighted by atomic mass is 32.2. The molecule has 4 heterocycles. The molecular weight excluding hydrogens is 491 g/mol. The van der Waals surface area contributed by atoms with Gasteiger partial charge < -0.3 is 20.1 Å². The summed E-state index contributed by atoms with van der Waals surface area (Å²) in [5.41, 5.74) is 0.349. The maximum atomic E-state index is 14.6. The third-order valence-electron chi connectivity index (χ3n) is 6.40. The highest BCUT2D eigenvalue weighted by molar-refractivity contribution is 7.89. The fraction of sp³-hybridized carbons (Fsp3) is 0.435. The number of fused-ring (bicyclic) bond motifs is 2. The zero-order valence-corrected chi connectivity index (χ0v) is 20.7. The van der Waals surface area contributed by atoms with E-state index >= 15 is 0 Å². The Morgan fingerprint density at radius 1 is 1.31 bits per heavy atom. The van der Waals surface area contributed by atoms with Crippen molar-refractivity contribution in [1.82, 2.24) is 18.9 Å². The lowest BCUT2D eigenvalue weighted by Gasteiger charge is -2.31. The van der Waals surface area contributed by atoms with Crippen LogP contribution in [0.25, 0.3) is 5.65 Å². The van der Waals surface area contributed by atoms with Gasteiger partial charge in [-0.2, -0.15) is 9.40 Å². The monoisotopic (exact) mass is 518 g/mol. The van der Waals surface area contributed by atoms with E-state index in [0.717, 1.165) is 4.31 Å². The van der Waals surface area contributed by atoms with Gasteiger partial charge in [0.2, 0.25) is 10.0 Å². The number of nitrogens with one attached hydrogen (secondary N) is 1. The van der Waals surface area contributed by atoms with Gasteiger partial charge in [-0.15, -0.1) is 0 Å². The first kappa shape index (κ1) is 24.6. The number of halogens is 1. The van der Waals surface area contributed by atoms with Gasteiger partial charge in [-0.3, -0.25) is 4.79 Å². The third kappa shape index (κ3) is 4.43. The molecule has 2 aliphatic heterocycles. The van der Waals surface area contributed by atoms with E-state index < -0.39 is 34.2 Å². The lowest BCUT2D eigenvalue weighted by Crippen LogP contribution is -2.42. The minimum absolute atomic E-state index is 0.0580. The SMILES string of the molecule is CC(C)(O)[C@H](F)CN1Cc2cc(NC(=O)c3cnn4cccnc34)c(N3CCOCC3)cc2S1(=O)=O. The highest BCUT2D eigenvalue weighted by Crippen LogP contribution is 2.39. The summed E-state index contributed by atoms with van der Waals surface area (Å²) in [5.74, 6) is -0.443. The van der Waals surface area contributed by atoms with Crippen LogP contribution in [0, 0.1) is 0 Å². The summed E-state index contributed by atoms with van der Waals surface area (Å²) < 4.78 is 49.1. The van der Waals surface area contributed by atoms with Crippen LogP contribution in [0.5, 0.6) is 0 Å². The maximum Gasteiger partial charge on any atom is 0.261 e. The molecule has 0 aliphatic carbocycles. The number of hydrogen-bond donors (Lipinski definition) is 2. The number of carbonyl (C=O) groups excluding carboxylic acids is 1. The van der Waals surface area contributed by atoms with Crippen molar-refractivity contribution in [2.24, 2.45) is 0 Å². The average molecular weight is 519 g/mol. The topological polar surface area (TPSA) is 129 Å². The van der Waals surface area contributed by atoms with Crippen molar-refractivity contribution in [3.8, 4) is 0 Å². The highest BCUT2D eigenvalue weighted by Gasteiger charge is 2.40. The molecule has 0 unspecified atom stereocenters. The smallest absolute Gasteiger partial charge is 0.261 e. The first-order valence-electron chi connectivity index (χ1n) is 11.5. The molecule has 0 radical (unpaired) electrons. The van der Waals surface area contributed by atoms with Crippen LogP contribution in [-0.2, 0) is 21.3 Å². The number of amides is 1. The molecule has 36 heavy (non-hydrogen) atoms. The molecule has 13 heteroatoms. The summed E-state index contributed by atoms with van der Waals surface area (Å²) in [4.78, 5) is 19.4. The number of aromatic nitrogens is 3. The Hall–Kier alpha value is -3.13. The van der Waals surface area contributed by atoms with Gasteiger partial charge in [-0.05, 0) is 37.6 Å². The zero-order valence-electron chi connectivity index (χ0n) is 19.9. The molecule has 1 atom stereocenters. The van der Waals surface area contributed by atoms with Gasteiger partial charge in [0, 0.05) is 38.6 Å². The number of nitrogens with zero attached hydrogens (tertiary/aromatic N) is 5. The van der Waals surface area contributed by atoms with Crippen LogP contribution in [0.15, 0.2) is 41.7 Å². The van der Waals surface area contributed by atoms with Crippen LogP contribution in [0.1, 0.15) is 29.8 Å². The van der Waals surface area contributed by atoms with Gasteiger partial charge in [0.1, 0.15) is 11.7 Å². The second kappa shape index (κ2) is 9.07. The Morgan fingerprint density at radius 3 is 2.78 bits per heavy atom. The van der Waals surface area contributed by atoms with Crippen molar-refractivity contribution in [2.45, 2.75) is 37.1 Å². The van der Waals surface area contributed by atoms with E-state index in [1.807, 2.05) is 4.90 Å². The molecule has 1 aromatic carbocycles. The van der Waals surface area contributed by atoms with Crippen molar-refractivity contribution in [3.63, 3.8) is 0 Å². The molecule has 1 amide bonds. The summed E-state index contributed by atoms with van der Waals surface area (Å²) in [6.07, 6.45) is 2.89. The summed E-state index contributed by atoms with van der Waals surface area (Å²) >= 11 is 0. The van der Waals surface area contributed by atoms with Crippen LogP contribution in [0.4, 0.5) is 15.8 Å². The number of carbonyl (C=O) groups is 1. The molecule has 0 bridgehead atoms. The Labute approximate surface area is 207 Å².